The minimum absolute atomic E-state index is 0. The molecule has 1 aromatic carbocycles. The number of thiocyanates is 2. The van der Waals surface area contributed by atoms with Gasteiger partial charge in [0.15, 0.2) is 0 Å². The molecule has 0 atom stereocenters. The van der Waals surface area contributed by atoms with Crippen molar-refractivity contribution in [1.29, 1.82) is 10.5 Å². The van der Waals surface area contributed by atoms with Gasteiger partial charge in [0.05, 0.1) is 17.0 Å². The number of nitriles is 2. The Kier molecular flexibility index (Phi) is 18.3. The summed E-state index contributed by atoms with van der Waals surface area (Å²) in [7, 11) is 0. The predicted octanol–water partition coefficient (Wildman–Crippen LogP) is 9.71. The molecule has 0 saturated carbocycles. The number of carboxylic acid groups (broad SMARTS) is 1. The molecule has 0 amide bonds. The molecular weight excluding hydrogens is 788 g/mol. The summed E-state index contributed by atoms with van der Waals surface area (Å²) in [6, 6.07) is 25.2. The van der Waals surface area contributed by atoms with Crippen LogP contribution in [0.1, 0.15) is 89.4 Å². The van der Waals surface area contributed by atoms with Crippen LogP contribution in [0.25, 0.3) is 11.4 Å². The van der Waals surface area contributed by atoms with Crippen LogP contribution < -0.4 is 4.90 Å². The Hall–Kier alpha value is -4.87. The summed E-state index contributed by atoms with van der Waals surface area (Å²) in [6.07, 6.45) is 6.96. The fourth-order valence-electron chi connectivity index (χ4n) is 4.73. The standard InChI is InChI=1S/C21H21N3O2.C18H24N2.2CHNS.Ru/c1-21(2,3)16-7-6-8-17(14-16)24(18-9-4-5-11-22-18)19-13-15(20(25)26)10-12-23-19;1-17(2,3)13-7-9-19-15(11-13)16-12-14(8-10-20-16)18(4,5)6;2*2-1-3;/h4-14H,1-3H3,(H,25,26);7-12H,1-6H3;2*3H;/q;;;;+2/p-2. The van der Waals surface area contributed by atoms with E-state index in [4.69, 9.17) is 10.5 Å². The molecule has 276 valence electrons. The van der Waals surface area contributed by atoms with E-state index >= 15 is 0 Å². The normalized spacial score (nSPS) is 10.5. The zero-order valence-electron chi connectivity index (χ0n) is 31.5. The number of carboxylic acids is 1. The van der Waals surface area contributed by atoms with Crippen LogP contribution in [-0.4, -0.2) is 31.0 Å². The number of aromatic carboxylic acids is 1. The maximum Gasteiger partial charge on any atom is 2.00 e. The maximum absolute atomic E-state index is 11.4. The van der Waals surface area contributed by atoms with E-state index in [2.05, 4.69) is 144 Å². The van der Waals surface area contributed by atoms with E-state index in [1.165, 1.54) is 39.8 Å². The molecule has 0 aliphatic rings. The van der Waals surface area contributed by atoms with E-state index in [0.717, 1.165) is 17.1 Å². The third kappa shape index (κ3) is 14.6. The van der Waals surface area contributed by atoms with Gasteiger partial charge in [-0.3, -0.25) is 14.9 Å². The number of pyridine rings is 4. The zero-order chi connectivity index (χ0) is 39.1. The van der Waals surface area contributed by atoms with Gasteiger partial charge in [0, 0.05) is 30.5 Å². The number of aromatic nitrogens is 4. The van der Waals surface area contributed by atoms with Gasteiger partial charge in [-0.15, -0.1) is 0 Å². The first-order valence-electron chi connectivity index (χ1n) is 16.3. The predicted molar refractivity (Wildman–Crippen MR) is 213 cm³/mol. The van der Waals surface area contributed by atoms with Gasteiger partial charge in [0.25, 0.3) is 0 Å². The van der Waals surface area contributed by atoms with Crippen LogP contribution in [0.15, 0.2) is 104 Å². The summed E-state index contributed by atoms with van der Waals surface area (Å²) in [5, 5.41) is 26.3. The Morgan fingerprint density at radius 1 is 0.604 bits per heavy atom. The fourth-order valence-corrected chi connectivity index (χ4v) is 4.73. The second-order valence-electron chi connectivity index (χ2n) is 14.6. The van der Waals surface area contributed by atoms with Gasteiger partial charge in [-0.25, -0.2) is 25.3 Å². The minimum Gasteiger partial charge on any atom is -0.696 e. The Bertz CT molecular complexity index is 1930. The number of hydrogen-bond donors (Lipinski definition) is 1. The molecule has 0 aliphatic heterocycles. The third-order valence-corrected chi connectivity index (χ3v) is 7.58. The smallest absolute Gasteiger partial charge is 0.696 e. The van der Waals surface area contributed by atoms with Crippen molar-refractivity contribution in [3.63, 3.8) is 0 Å². The number of anilines is 3. The van der Waals surface area contributed by atoms with Crippen LogP contribution in [0.2, 0.25) is 0 Å². The van der Waals surface area contributed by atoms with E-state index in [9.17, 15) is 9.90 Å². The molecule has 0 aliphatic carbocycles. The van der Waals surface area contributed by atoms with Gasteiger partial charge in [-0.05, 0) is 93.6 Å². The van der Waals surface area contributed by atoms with Crippen LogP contribution >= 0.6 is 0 Å². The van der Waals surface area contributed by atoms with Crippen molar-refractivity contribution < 1.29 is 29.4 Å². The number of nitrogens with zero attached hydrogens (tertiary/aromatic N) is 7. The van der Waals surface area contributed by atoms with Crippen LogP contribution in [0.5, 0.6) is 0 Å². The molecule has 0 radical (unpaired) electrons. The quantitative estimate of drug-likeness (QED) is 0.103. The van der Waals surface area contributed by atoms with Crippen LogP contribution in [-0.2, 0) is 61.0 Å². The molecule has 0 unspecified atom stereocenters. The van der Waals surface area contributed by atoms with Crippen LogP contribution in [0.4, 0.5) is 17.3 Å². The molecule has 9 nitrogen and oxygen atoms in total. The van der Waals surface area contributed by atoms with Crippen molar-refractivity contribution in [3.05, 3.63) is 126 Å². The van der Waals surface area contributed by atoms with Crippen molar-refractivity contribution in [1.82, 2.24) is 19.9 Å². The van der Waals surface area contributed by atoms with E-state index in [1.54, 1.807) is 12.3 Å². The van der Waals surface area contributed by atoms with Crippen molar-refractivity contribution in [2.24, 2.45) is 0 Å². The van der Waals surface area contributed by atoms with Crippen molar-refractivity contribution in [3.8, 4) is 22.2 Å². The summed E-state index contributed by atoms with van der Waals surface area (Å²) in [6.45, 7) is 19.7. The molecule has 53 heavy (non-hydrogen) atoms. The van der Waals surface area contributed by atoms with E-state index < -0.39 is 5.97 Å². The van der Waals surface area contributed by atoms with E-state index in [1.807, 2.05) is 47.6 Å². The molecule has 0 spiro atoms. The summed E-state index contributed by atoms with van der Waals surface area (Å²) < 4.78 is 0. The second kappa shape index (κ2) is 21.0. The molecule has 12 heteroatoms. The molecular formula is C41H45N7O2RuS2. The second-order valence-corrected chi connectivity index (χ2v) is 14.9. The number of benzene rings is 1. The molecule has 0 fully saturated rings. The number of carbonyl (C=O) groups is 1. The SMILES string of the molecule is CC(C)(C)c1cccc(N(c2ccccn2)c2cc(C(=O)O)ccn2)c1.CC(C)(C)c1ccnc(-c2cc(C(C)(C)C)ccn2)c1.N#C[S-].N#C[S-].[Ru+2]. The number of rotatable bonds is 5. The summed E-state index contributed by atoms with van der Waals surface area (Å²) >= 11 is 7.40. The van der Waals surface area contributed by atoms with Gasteiger partial charge in [0.1, 0.15) is 11.6 Å². The number of hydrogen-bond acceptors (Lipinski definition) is 10. The van der Waals surface area contributed by atoms with E-state index in [0.29, 0.717) is 11.6 Å². The zero-order valence-corrected chi connectivity index (χ0v) is 34.8. The van der Waals surface area contributed by atoms with Crippen molar-refractivity contribution in [2.75, 3.05) is 4.90 Å². The average molecular weight is 833 g/mol. The van der Waals surface area contributed by atoms with Gasteiger partial charge in [0.2, 0.25) is 0 Å². The van der Waals surface area contributed by atoms with Gasteiger partial charge in [-0.1, -0.05) is 91.3 Å². The monoisotopic (exact) mass is 833 g/mol. The Morgan fingerprint density at radius 3 is 1.49 bits per heavy atom. The van der Waals surface area contributed by atoms with Gasteiger partial charge >= 0.3 is 25.4 Å². The van der Waals surface area contributed by atoms with Crippen molar-refractivity contribution in [2.45, 2.75) is 78.6 Å². The fraction of sp³-hybridized carbons (Fsp3) is 0.293. The first-order chi connectivity index (χ1) is 24.4. The Balaban J connectivity index is 0.000000465. The summed E-state index contributed by atoms with van der Waals surface area (Å²) in [4.78, 5) is 31.0. The first kappa shape index (κ1) is 46.2. The van der Waals surface area contributed by atoms with Gasteiger partial charge in [-0.2, -0.15) is 0 Å². The molecule has 5 aromatic rings. The Labute approximate surface area is 338 Å². The summed E-state index contributed by atoms with van der Waals surface area (Å²) in [5.74, 6) is 0.196. The average Bonchev–Trinajstić information content (AvgIpc) is 3.09. The van der Waals surface area contributed by atoms with Crippen LogP contribution in [0.3, 0.4) is 0 Å². The molecule has 5 rings (SSSR count). The van der Waals surface area contributed by atoms with E-state index in [-0.39, 0.29) is 41.3 Å². The Morgan fingerprint density at radius 2 is 1.06 bits per heavy atom. The first-order valence-corrected chi connectivity index (χ1v) is 17.2. The molecule has 0 bridgehead atoms. The topological polar surface area (TPSA) is 140 Å². The molecule has 4 heterocycles. The van der Waals surface area contributed by atoms with Crippen LogP contribution in [0, 0.1) is 21.3 Å². The molecule has 4 aromatic heterocycles. The molecule has 1 N–H and O–H groups in total. The molecule has 0 saturated heterocycles. The van der Waals surface area contributed by atoms with Crippen molar-refractivity contribution >= 4 is 48.5 Å². The minimum atomic E-state index is -0.988. The largest absolute Gasteiger partial charge is 2.00 e. The third-order valence-electron chi connectivity index (χ3n) is 7.58. The van der Waals surface area contributed by atoms with Gasteiger partial charge < -0.3 is 30.4 Å². The maximum atomic E-state index is 11.4. The summed E-state index contributed by atoms with van der Waals surface area (Å²) in [5.41, 5.74) is 6.93.